The first kappa shape index (κ1) is 23.4. The van der Waals surface area contributed by atoms with Gasteiger partial charge in [-0.05, 0) is 54.9 Å². The molecule has 2 aromatic carbocycles. The molecule has 0 aliphatic heterocycles. The van der Waals surface area contributed by atoms with Gasteiger partial charge in [-0.25, -0.2) is 4.79 Å². The molecule has 0 heterocycles. The molecule has 184 valence electrons. The summed E-state index contributed by atoms with van der Waals surface area (Å²) in [7, 11) is 1.75. The lowest BCUT2D eigenvalue weighted by Crippen LogP contribution is -2.56. The van der Waals surface area contributed by atoms with E-state index in [0.717, 1.165) is 17.5 Å². The number of amides is 2. The lowest BCUT2D eigenvalue weighted by molar-refractivity contribution is -0.153. The highest BCUT2D eigenvalue weighted by atomic mass is 16.5. The highest BCUT2D eigenvalue weighted by Gasteiger charge is 2.50. The van der Waals surface area contributed by atoms with Crippen molar-refractivity contribution in [2.75, 3.05) is 13.7 Å². The summed E-state index contributed by atoms with van der Waals surface area (Å²) in [5.74, 6) is -1.23. The molecule has 2 saturated carbocycles. The Morgan fingerprint density at radius 1 is 1.06 bits per heavy atom. The van der Waals surface area contributed by atoms with Crippen molar-refractivity contribution in [1.82, 2.24) is 10.2 Å². The van der Waals surface area contributed by atoms with Crippen LogP contribution in [0.4, 0.5) is 4.79 Å². The molecule has 0 radical (unpaired) electrons. The van der Waals surface area contributed by atoms with E-state index in [-0.39, 0.29) is 36.4 Å². The van der Waals surface area contributed by atoms with Gasteiger partial charge in [0.1, 0.15) is 6.61 Å². The lowest BCUT2D eigenvalue weighted by atomic mass is 9.77. The minimum Gasteiger partial charge on any atom is -0.481 e. The van der Waals surface area contributed by atoms with Crippen LogP contribution in [0.1, 0.15) is 56.1 Å². The average Bonchev–Trinajstić information content (AvgIpc) is 3.34. The van der Waals surface area contributed by atoms with Gasteiger partial charge in [-0.15, -0.1) is 0 Å². The summed E-state index contributed by atoms with van der Waals surface area (Å²) in [4.78, 5) is 39.1. The van der Waals surface area contributed by atoms with Gasteiger partial charge in [0.15, 0.2) is 0 Å². The number of hydrogen-bond acceptors (Lipinski definition) is 4. The van der Waals surface area contributed by atoms with Crippen molar-refractivity contribution in [2.24, 2.45) is 11.3 Å². The van der Waals surface area contributed by atoms with Crippen LogP contribution in [0.25, 0.3) is 11.1 Å². The third kappa shape index (κ3) is 4.07. The van der Waals surface area contributed by atoms with Gasteiger partial charge in [-0.1, -0.05) is 55.0 Å². The Balaban J connectivity index is 1.22. The zero-order chi connectivity index (χ0) is 24.7. The molecule has 2 unspecified atom stereocenters. The first-order valence-electron chi connectivity index (χ1n) is 12.4. The molecule has 3 aliphatic carbocycles. The molecular formula is C28H32N2O5. The van der Waals surface area contributed by atoms with Crippen molar-refractivity contribution in [3.63, 3.8) is 0 Å². The predicted octanol–water partition coefficient (Wildman–Crippen LogP) is 4.41. The van der Waals surface area contributed by atoms with Gasteiger partial charge in [0.25, 0.3) is 0 Å². The lowest BCUT2D eigenvalue weighted by Gasteiger charge is -2.43. The molecular weight excluding hydrogens is 444 g/mol. The minimum absolute atomic E-state index is 0.0170. The Bertz CT molecular complexity index is 1110. The number of benzene rings is 2. The maximum Gasteiger partial charge on any atom is 0.407 e. The van der Waals surface area contributed by atoms with Crippen LogP contribution in [-0.4, -0.2) is 53.7 Å². The molecule has 2 atom stereocenters. The van der Waals surface area contributed by atoms with Crippen molar-refractivity contribution >= 4 is 18.0 Å². The smallest absolute Gasteiger partial charge is 0.407 e. The van der Waals surface area contributed by atoms with Crippen LogP contribution < -0.4 is 5.32 Å². The first-order valence-corrected chi connectivity index (χ1v) is 12.4. The van der Waals surface area contributed by atoms with Crippen LogP contribution in [0.15, 0.2) is 48.5 Å². The maximum absolute atomic E-state index is 13.4. The van der Waals surface area contributed by atoms with Crippen molar-refractivity contribution in [3.05, 3.63) is 59.7 Å². The second kappa shape index (κ2) is 9.02. The third-order valence-corrected chi connectivity index (χ3v) is 8.41. The summed E-state index contributed by atoms with van der Waals surface area (Å²) in [6, 6.07) is 16.0. The topological polar surface area (TPSA) is 95.9 Å². The number of alkyl carbamates (subject to hydrolysis) is 1. The summed E-state index contributed by atoms with van der Waals surface area (Å²) in [6.45, 7) is 2.14. The van der Waals surface area contributed by atoms with Gasteiger partial charge in [0.05, 0.1) is 11.3 Å². The zero-order valence-corrected chi connectivity index (χ0v) is 20.2. The van der Waals surface area contributed by atoms with E-state index in [9.17, 15) is 14.4 Å². The number of hydrogen-bond donors (Lipinski definition) is 2. The van der Waals surface area contributed by atoms with Crippen LogP contribution in [0.3, 0.4) is 0 Å². The quantitative estimate of drug-likeness (QED) is 0.644. The number of aliphatic carboxylic acids is 1. The Kier molecular flexibility index (Phi) is 6.03. The highest BCUT2D eigenvalue weighted by Crippen LogP contribution is 2.45. The Morgan fingerprint density at radius 2 is 1.66 bits per heavy atom. The molecule has 0 bridgehead atoms. The number of carbonyl (C=O) groups is 3. The molecule has 0 spiro atoms. The predicted molar refractivity (Wildman–Crippen MR) is 131 cm³/mol. The van der Waals surface area contributed by atoms with Crippen LogP contribution >= 0.6 is 0 Å². The van der Waals surface area contributed by atoms with E-state index in [2.05, 4.69) is 29.6 Å². The summed E-state index contributed by atoms with van der Waals surface area (Å²) >= 11 is 0. The normalized spacial score (nSPS) is 26.9. The molecule has 2 aromatic rings. The van der Waals surface area contributed by atoms with Crippen LogP contribution in [0.2, 0.25) is 0 Å². The monoisotopic (exact) mass is 476 g/mol. The molecule has 2 amide bonds. The van der Waals surface area contributed by atoms with E-state index in [0.29, 0.717) is 25.7 Å². The molecule has 7 nitrogen and oxygen atoms in total. The molecule has 2 fully saturated rings. The number of rotatable bonds is 6. The molecule has 2 N–H and O–H groups in total. The van der Waals surface area contributed by atoms with Crippen LogP contribution in [-0.2, 0) is 14.3 Å². The van der Waals surface area contributed by atoms with E-state index >= 15 is 0 Å². The van der Waals surface area contributed by atoms with E-state index in [4.69, 9.17) is 9.84 Å². The van der Waals surface area contributed by atoms with Crippen molar-refractivity contribution in [1.29, 1.82) is 0 Å². The molecule has 3 aliphatic rings. The van der Waals surface area contributed by atoms with Gasteiger partial charge in [0.2, 0.25) is 5.91 Å². The Labute approximate surface area is 205 Å². The highest BCUT2D eigenvalue weighted by molar-refractivity contribution is 5.85. The molecule has 35 heavy (non-hydrogen) atoms. The minimum atomic E-state index is -0.802. The number of nitrogens with one attached hydrogen (secondary N) is 1. The second-order valence-corrected chi connectivity index (χ2v) is 10.4. The summed E-state index contributed by atoms with van der Waals surface area (Å²) < 4.78 is 5.72. The SMILES string of the molecule is CN(C(=O)C1(C)CCCC1NC(=O)OCC1c2ccccc2-c2ccccc21)C1CC(C(=O)O)C1. The number of nitrogens with zero attached hydrogens (tertiary/aromatic N) is 1. The first-order chi connectivity index (χ1) is 16.8. The zero-order valence-electron chi connectivity index (χ0n) is 20.2. The molecule has 5 rings (SSSR count). The van der Waals surface area contributed by atoms with Crippen molar-refractivity contribution in [2.45, 2.75) is 57.0 Å². The fourth-order valence-corrected chi connectivity index (χ4v) is 6.11. The molecule has 0 saturated heterocycles. The standard InChI is InChI=1S/C28H32N2O5/c1-28(26(33)30(2)18-14-17(15-18)25(31)32)13-7-12-24(28)29-27(34)35-16-23-21-10-5-3-8-19(21)20-9-4-6-11-22(20)23/h3-6,8-11,17-18,23-24H,7,12-16H2,1-2H3,(H,29,34)(H,31,32). The Hall–Kier alpha value is -3.35. The average molecular weight is 477 g/mol. The summed E-state index contributed by atoms with van der Waals surface area (Å²) in [5, 5.41) is 12.1. The van der Waals surface area contributed by atoms with Gasteiger partial charge in [0, 0.05) is 25.0 Å². The third-order valence-electron chi connectivity index (χ3n) is 8.41. The Morgan fingerprint density at radius 3 is 2.26 bits per heavy atom. The summed E-state index contributed by atoms with van der Waals surface area (Å²) in [5.41, 5.74) is 3.94. The second-order valence-electron chi connectivity index (χ2n) is 10.4. The van der Waals surface area contributed by atoms with E-state index < -0.39 is 17.5 Å². The number of carboxylic acids is 1. The van der Waals surface area contributed by atoms with Crippen molar-refractivity contribution < 1.29 is 24.2 Å². The van der Waals surface area contributed by atoms with Gasteiger partial charge in [-0.3, -0.25) is 9.59 Å². The van der Waals surface area contributed by atoms with Crippen LogP contribution in [0.5, 0.6) is 0 Å². The van der Waals surface area contributed by atoms with E-state index in [1.165, 1.54) is 11.1 Å². The summed E-state index contributed by atoms with van der Waals surface area (Å²) in [6.07, 6.45) is 2.70. The fraction of sp³-hybridized carbons (Fsp3) is 0.464. The number of ether oxygens (including phenoxy) is 1. The number of carbonyl (C=O) groups excluding carboxylic acids is 2. The van der Waals surface area contributed by atoms with Crippen molar-refractivity contribution in [3.8, 4) is 11.1 Å². The van der Waals surface area contributed by atoms with Gasteiger partial charge < -0.3 is 20.1 Å². The number of fused-ring (bicyclic) bond motifs is 3. The van der Waals surface area contributed by atoms with Crippen LogP contribution in [0, 0.1) is 11.3 Å². The molecule has 0 aromatic heterocycles. The van der Waals surface area contributed by atoms with E-state index in [1.54, 1.807) is 11.9 Å². The molecule has 7 heteroatoms. The number of carboxylic acid groups (broad SMARTS) is 1. The largest absolute Gasteiger partial charge is 0.481 e. The van der Waals surface area contributed by atoms with E-state index in [1.807, 2.05) is 31.2 Å². The maximum atomic E-state index is 13.4. The van der Waals surface area contributed by atoms with Gasteiger partial charge in [-0.2, -0.15) is 0 Å². The van der Waals surface area contributed by atoms with Gasteiger partial charge >= 0.3 is 12.1 Å². The fourth-order valence-electron chi connectivity index (χ4n) is 6.11.